The lowest BCUT2D eigenvalue weighted by atomic mass is 10.1. The van der Waals surface area contributed by atoms with Gasteiger partial charge in [-0.15, -0.1) is 0 Å². The minimum absolute atomic E-state index is 0.236. The molecule has 5 nitrogen and oxygen atoms in total. The van der Waals surface area contributed by atoms with E-state index in [4.69, 9.17) is 0 Å². The molecular formula is C17H31N3O2. The largest absolute Gasteiger partial charge is 0.339 e. The van der Waals surface area contributed by atoms with Crippen molar-refractivity contribution in [1.82, 2.24) is 14.7 Å². The van der Waals surface area contributed by atoms with Gasteiger partial charge < -0.3 is 14.7 Å². The van der Waals surface area contributed by atoms with E-state index in [2.05, 4.69) is 18.7 Å². The van der Waals surface area contributed by atoms with Crippen LogP contribution in [-0.4, -0.2) is 72.3 Å². The van der Waals surface area contributed by atoms with Gasteiger partial charge in [0, 0.05) is 45.1 Å². The van der Waals surface area contributed by atoms with Crippen LogP contribution in [0.2, 0.25) is 0 Å². The molecule has 1 heterocycles. The second-order valence-electron chi connectivity index (χ2n) is 6.46. The van der Waals surface area contributed by atoms with E-state index < -0.39 is 0 Å². The first-order valence-electron chi connectivity index (χ1n) is 8.94. The Morgan fingerprint density at radius 1 is 0.955 bits per heavy atom. The molecule has 1 aliphatic heterocycles. The maximum atomic E-state index is 12.4. The fourth-order valence-electron chi connectivity index (χ4n) is 3.56. The Bertz CT molecular complexity index is 368. The van der Waals surface area contributed by atoms with Crippen LogP contribution in [-0.2, 0) is 9.59 Å². The molecule has 2 fully saturated rings. The van der Waals surface area contributed by atoms with Crippen molar-refractivity contribution in [1.29, 1.82) is 0 Å². The summed E-state index contributed by atoms with van der Waals surface area (Å²) in [5.74, 6) is 0.817. The average Bonchev–Trinajstić information content (AvgIpc) is 3.09. The Kier molecular flexibility index (Phi) is 6.68. The first-order valence-corrected chi connectivity index (χ1v) is 8.94. The molecule has 0 unspecified atom stereocenters. The number of rotatable bonds is 6. The van der Waals surface area contributed by atoms with E-state index in [9.17, 15) is 9.59 Å². The third-order valence-corrected chi connectivity index (χ3v) is 5.18. The van der Waals surface area contributed by atoms with Gasteiger partial charge in [0.2, 0.25) is 11.8 Å². The normalized spacial score (nSPS) is 20.0. The molecule has 0 aromatic rings. The van der Waals surface area contributed by atoms with Crippen LogP contribution in [0.3, 0.4) is 0 Å². The van der Waals surface area contributed by atoms with Gasteiger partial charge in [0.05, 0.1) is 0 Å². The third-order valence-electron chi connectivity index (χ3n) is 5.18. The topological polar surface area (TPSA) is 43.9 Å². The molecule has 0 aromatic carbocycles. The predicted molar refractivity (Wildman–Crippen MR) is 87.5 cm³/mol. The van der Waals surface area contributed by atoms with E-state index >= 15 is 0 Å². The molecule has 0 radical (unpaired) electrons. The van der Waals surface area contributed by atoms with Crippen molar-refractivity contribution >= 4 is 11.8 Å². The summed E-state index contributed by atoms with van der Waals surface area (Å²) in [5, 5.41) is 0. The summed E-state index contributed by atoms with van der Waals surface area (Å²) in [6.45, 7) is 9.92. The van der Waals surface area contributed by atoms with Crippen LogP contribution in [0.5, 0.6) is 0 Å². The zero-order valence-electron chi connectivity index (χ0n) is 14.2. The first-order chi connectivity index (χ1) is 10.7. The highest BCUT2D eigenvalue weighted by atomic mass is 16.2. The first kappa shape index (κ1) is 17.3. The molecule has 2 aliphatic rings. The predicted octanol–water partition coefficient (Wildman–Crippen LogP) is 1.58. The van der Waals surface area contributed by atoms with Gasteiger partial charge in [-0.05, 0) is 25.9 Å². The van der Waals surface area contributed by atoms with Gasteiger partial charge in [-0.3, -0.25) is 9.59 Å². The Morgan fingerprint density at radius 3 is 2.05 bits per heavy atom. The quantitative estimate of drug-likeness (QED) is 0.748. The highest BCUT2D eigenvalue weighted by molar-refractivity contribution is 5.80. The minimum atomic E-state index is 0.236. The van der Waals surface area contributed by atoms with Crippen molar-refractivity contribution in [3.05, 3.63) is 0 Å². The molecule has 0 N–H and O–H groups in total. The van der Waals surface area contributed by atoms with E-state index in [1.54, 1.807) is 0 Å². The molecular weight excluding hydrogens is 278 g/mol. The highest BCUT2D eigenvalue weighted by Gasteiger charge is 2.30. The van der Waals surface area contributed by atoms with Gasteiger partial charge in [-0.1, -0.05) is 26.7 Å². The van der Waals surface area contributed by atoms with Gasteiger partial charge in [-0.25, -0.2) is 0 Å². The van der Waals surface area contributed by atoms with Gasteiger partial charge in [0.25, 0.3) is 0 Å². The van der Waals surface area contributed by atoms with E-state index in [0.717, 1.165) is 32.5 Å². The molecule has 0 atom stereocenters. The Morgan fingerprint density at radius 2 is 1.50 bits per heavy atom. The maximum absolute atomic E-state index is 12.4. The number of piperazine rings is 1. The average molecular weight is 309 g/mol. The van der Waals surface area contributed by atoms with E-state index in [0.29, 0.717) is 38.5 Å². The summed E-state index contributed by atoms with van der Waals surface area (Å²) in [5.41, 5.74) is 0. The van der Waals surface area contributed by atoms with Crippen molar-refractivity contribution < 1.29 is 9.59 Å². The molecule has 0 bridgehead atoms. The number of amides is 2. The van der Waals surface area contributed by atoms with E-state index in [1.165, 1.54) is 12.8 Å². The van der Waals surface area contributed by atoms with Crippen molar-refractivity contribution in [3.63, 3.8) is 0 Å². The van der Waals surface area contributed by atoms with Crippen LogP contribution < -0.4 is 0 Å². The van der Waals surface area contributed by atoms with Crippen LogP contribution in [0.4, 0.5) is 0 Å². The molecule has 1 saturated carbocycles. The van der Waals surface area contributed by atoms with Crippen LogP contribution in [0.1, 0.15) is 46.0 Å². The summed E-state index contributed by atoms with van der Waals surface area (Å²) in [6, 6.07) is 0. The molecule has 126 valence electrons. The lowest BCUT2D eigenvalue weighted by Gasteiger charge is -2.36. The van der Waals surface area contributed by atoms with E-state index in [1.807, 2.05) is 9.80 Å². The lowest BCUT2D eigenvalue weighted by molar-refractivity contribution is -0.142. The van der Waals surface area contributed by atoms with Gasteiger partial charge in [0.15, 0.2) is 0 Å². The maximum Gasteiger partial charge on any atom is 0.225 e. The number of nitrogens with zero attached hydrogens (tertiary/aromatic N) is 3. The number of hydrogen-bond donors (Lipinski definition) is 0. The van der Waals surface area contributed by atoms with Gasteiger partial charge in [0.1, 0.15) is 0 Å². The van der Waals surface area contributed by atoms with Crippen LogP contribution in [0, 0.1) is 5.92 Å². The molecule has 22 heavy (non-hydrogen) atoms. The molecule has 1 aliphatic carbocycles. The smallest absolute Gasteiger partial charge is 0.225 e. The fourth-order valence-corrected chi connectivity index (χ4v) is 3.56. The van der Waals surface area contributed by atoms with Gasteiger partial charge in [-0.2, -0.15) is 0 Å². The van der Waals surface area contributed by atoms with Crippen molar-refractivity contribution in [2.24, 2.45) is 5.92 Å². The standard InChI is InChI=1S/C17H31N3O2/c1-3-18(4-2)10-9-16(21)19-11-13-20(14-12-19)17(22)15-7-5-6-8-15/h15H,3-14H2,1-2H3. The fraction of sp³-hybridized carbons (Fsp3) is 0.882. The SMILES string of the molecule is CCN(CC)CCC(=O)N1CCN(C(=O)C2CCCC2)CC1. The Balaban J connectivity index is 1.72. The minimum Gasteiger partial charge on any atom is -0.339 e. The highest BCUT2D eigenvalue weighted by Crippen LogP contribution is 2.26. The van der Waals surface area contributed by atoms with Crippen molar-refractivity contribution in [3.8, 4) is 0 Å². The second-order valence-corrected chi connectivity index (χ2v) is 6.46. The van der Waals surface area contributed by atoms with Crippen LogP contribution >= 0.6 is 0 Å². The second kappa shape index (κ2) is 8.51. The molecule has 5 heteroatoms. The molecule has 2 rings (SSSR count). The third kappa shape index (κ3) is 4.45. The summed E-state index contributed by atoms with van der Waals surface area (Å²) >= 11 is 0. The lowest BCUT2D eigenvalue weighted by Crippen LogP contribution is -2.52. The van der Waals surface area contributed by atoms with Crippen LogP contribution in [0.25, 0.3) is 0 Å². The number of carbonyl (C=O) groups is 2. The monoisotopic (exact) mass is 309 g/mol. The van der Waals surface area contributed by atoms with Gasteiger partial charge >= 0.3 is 0 Å². The molecule has 0 aromatic heterocycles. The van der Waals surface area contributed by atoms with E-state index in [-0.39, 0.29) is 11.8 Å². The molecule has 2 amide bonds. The Labute approximate surface area is 134 Å². The summed E-state index contributed by atoms with van der Waals surface area (Å²) in [7, 11) is 0. The number of carbonyl (C=O) groups excluding carboxylic acids is 2. The summed E-state index contributed by atoms with van der Waals surface area (Å²) < 4.78 is 0. The Hall–Kier alpha value is -1.10. The van der Waals surface area contributed by atoms with Crippen molar-refractivity contribution in [2.75, 3.05) is 45.8 Å². The molecule has 1 saturated heterocycles. The summed E-state index contributed by atoms with van der Waals surface area (Å²) in [4.78, 5) is 30.8. The van der Waals surface area contributed by atoms with Crippen LogP contribution in [0.15, 0.2) is 0 Å². The number of hydrogen-bond acceptors (Lipinski definition) is 3. The summed E-state index contributed by atoms with van der Waals surface area (Å²) in [6.07, 6.45) is 5.10. The zero-order valence-corrected chi connectivity index (χ0v) is 14.2. The molecule has 0 spiro atoms. The van der Waals surface area contributed by atoms with Crippen molar-refractivity contribution in [2.45, 2.75) is 46.0 Å². The zero-order chi connectivity index (χ0) is 15.9.